The van der Waals surface area contributed by atoms with Crippen LogP contribution in [0.25, 0.3) is 0 Å². The fourth-order valence-corrected chi connectivity index (χ4v) is 3.05. The molecule has 7 nitrogen and oxygen atoms in total. The minimum atomic E-state index is -0.469. The van der Waals surface area contributed by atoms with E-state index in [0.717, 1.165) is 12.0 Å². The van der Waals surface area contributed by atoms with Gasteiger partial charge >= 0.3 is 5.97 Å². The zero-order valence-electron chi connectivity index (χ0n) is 13.4. The van der Waals surface area contributed by atoms with E-state index in [2.05, 4.69) is 5.32 Å². The molecule has 128 valence electrons. The summed E-state index contributed by atoms with van der Waals surface area (Å²) in [6.07, 6.45) is 0.744. The lowest BCUT2D eigenvalue weighted by Crippen LogP contribution is -2.33. The van der Waals surface area contributed by atoms with Crippen LogP contribution in [0.3, 0.4) is 0 Å². The summed E-state index contributed by atoms with van der Waals surface area (Å²) in [6, 6.07) is 11.6. The SMILES string of the molecule is COC(=O)c1ccccc1NC(=S)N1CCc2ccc([N+](=O)[O-])cc21. The highest BCUT2D eigenvalue weighted by Crippen LogP contribution is 2.32. The van der Waals surface area contributed by atoms with Gasteiger partial charge < -0.3 is 15.0 Å². The summed E-state index contributed by atoms with van der Waals surface area (Å²) in [7, 11) is 1.31. The van der Waals surface area contributed by atoms with Crippen molar-refractivity contribution in [1.82, 2.24) is 0 Å². The zero-order chi connectivity index (χ0) is 18.0. The van der Waals surface area contributed by atoms with Crippen molar-refractivity contribution in [2.24, 2.45) is 0 Å². The van der Waals surface area contributed by atoms with E-state index < -0.39 is 10.9 Å². The van der Waals surface area contributed by atoms with E-state index >= 15 is 0 Å². The van der Waals surface area contributed by atoms with Crippen LogP contribution < -0.4 is 10.2 Å². The van der Waals surface area contributed by atoms with Crippen LogP contribution in [0, 0.1) is 10.1 Å². The summed E-state index contributed by atoms with van der Waals surface area (Å²) in [5, 5.41) is 14.4. The van der Waals surface area contributed by atoms with Gasteiger partial charge in [0, 0.05) is 18.7 Å². The minimum Gasteiger partial charge on any atom is -0.465 e. The number of rotatable bonds is 3. The first kappa shape index (κ1) is 16.8. The fourth-order valence-electron chi connectivity index (χ4n) is 2.75. The number of carbonyl (C=O) groups is 1. The Morgan fingerprint density at radius 2 is 2.08 bits per heavy atom. The van der Waals surface area contributed by atoms with Crippen LogP contribution in [-0.4, -0.2) is 29.7 Å². The molecule has 0 fully saturated rings. The molecule has 3 rings (SSSR count). The molecule has 0 radical (unpaired) electrons. The summed E-state index contributed by atoms with van der Waals surface area (Å²) >= 11 is 5.46. The second-order valence-electron chi connectivity index (χ2n) is 5.44. The van der Waals surface area contributed by atoms with E-state index in [4.69, 9.17) is 17.0 Å². The van der Waals surface area contributed by atoms with Gasteiger partial charge in [-0.3, -0.25) is 10.1 Å². The molecule has 8 heteroatoms. The van der Waals surface area contributed by atoms with Crippen LogP contribution in [0.4, 0.5) is 17.1 Å². The van der Waals surface area contributed by atoms with Crippen LogP contribution in [0.15, 0.2) is 42.5 Å². The van der Waals surface area contributed by atoms with E-state index in [1.54, 1.807) is 35.2 Å². The number of hydrogen-bond donors (Lipinski definition) is 1. The summed E-state index contributed by atoms with van der Waals surface area (Å²) in [6.45, 7) is 0.614. The van der Waals surface area contributed by atoms with Crippen LogP contribution in [-0.2, 0) is 11.2 Å². The molecule has 25 heavy (non-hydrogen) atoms. The Labute approximate surface area is 149 Å². The van der Waals surface area contributed by atoms with Crippen molar-refractivity contribution >= 4 is 40.4 Å². The van der Waals surface area contributed by atoms with E-state index in [-0.39, 0.29) is 5.69 Å². The Morgan fingerprint density at radius 1 is 1.32 bits per heavy atom. The van der Waals surface area contributed by atoms with Crippen molar-refractivity contribution in [3.8, 4) is 0 Å². The number of para-hydroxylation sites is 1. The Morgan fingerprint density at radius 3 is 2.80 bits per heavy atom. The van der Waals surface area contributed by atoms with Crippen LogP contribution >= 0.6 is 12.2 Å². The first-order valence-electron chi connectivity index (χ1n) is 7.54. The molecule has 1 heterocycles. The molecular weight excluding hydrogens is 342 g/mol. The number of nitro benzene ring substituents is 1. The third-order valence-corrected chi connectivity index (χ3v) is 4.32. The molecule has 0 saturated heterocycles. The second kappa shape index (κ2) is 6.86. The Hall–Kier alpha value is -3.00. The third kappa shape index (κ3) is 3.29. The number of nitrogens with zero attached hydrogens (tertiary/aromatic N) is 2. The van der Waals surface area contributed by atoms with Gasteiger partial charge in [-0.15, -0.1) is 0 Å². The number of nitrogens with one attached hydrogen (secondary N) is 1. The average molecular weight is 357 g/mol. The van der Waals surface area contributed by atoms with Gasteiger partial charge in [-0.25, -0.2) is 4.79 Å². The van der Waals surface area contributed by atoms with Gasteiger partial charge in [0.25, 0.3) is 5.69 Å². The number of non-ortho nitro benzene ring substituents is 1. The van der Waals surface area contributed by atoms with Gasteiger partial charge in [0.05, 0.1) is 29.0 Å². The molecule has 0 aromatic heterocycles. The number of hydrogen-bond acceptors (Lipinski definition) is 5. The molecular formula is C17H15N3O4S. The number of thiocarbonyl (C=S) groups is 1. The van der Waals surface area contributed by atoms with Gasteiger partial charge in [-0.1, -0.05) is 18.2 Å². The third-order valence-electron chi connectivity index (χ3n) is 3.99. The molecule has 0 amide bonds. The average Bonchev–Trinajstić information content (AvgIpc) is 3.04. The Kier molecular flexibility index (Phi) is 4.62. The highest BCUT2D eigenvalue weighted by atomic mass is 32.1. The monoisotopic (exact) mass is 357 g/mol. The number of benzene rings is 2. The predicted octanol–water partition coefficient (Wildman–Crippen LogP) is 3.14. The summed E-state index contributed by atoms with van der Waals surface area (Å²) < 4.78 is 4.77. The first-order valence-corrected chi connectivity index (χ1v) is 7.95. The van der Waals surface area contributed by atoms with Gasteiger partial charge in [-0.2, -0.15) is 0 Å². The molecule has 0 bridgehead atoms. The maximum atomic E-state index is 11.9. The van der Waals surface area contributed by atoms with Crippen LogP contribution in [0.1, 0.15) is 15.9 Å². The normalized spacial score (nSPS) is 12.4. The van der Waals surface area contributed by atoms with E-state index in [1.165, 1.54) is 19.2 Å². The first-order chi connectivity index (χ1) is 12.0. The molecule has 1 aliphatic rings. The summed E-state index contributed by atoms with van der Waals surface area (Å²) in [4.78, 5) is 24.2. The molecule has 2 aromatic rings. The molecule has 2 aromatic carbocycles. The van der Waals surface area contributed by atoms with Gasteiger partial charge in [0.2, 0.25) is 0 Å². The topological polar surface area (TPSA) is 84.7 Å². The number of methoxy groups -OCH3 is 1. The van der Waals surface area contributed by atoms with Crippen LogP contribution in [0.2, 0.25) is 0 Å². The van der Waals surface area contributed by atoms with Crippen molar-refractivity contribution in [2.75, 3.05) is 23.9 Å². The van der Waals surface area contributed by atoms with Crippen molar-refractivity contribution in [1.29, 1.82) is 0 Å². The lowest BCUT2D eigenvalue weighted by atomic mass is 10.1. The van der Waals surface area contributed by atoms with Gasteiger partial charge in [0.15, 0.2) is 5.11 Å². The van der Waals surface area contributed by atoms with Crippen molar-refractivity contribution in [3.63, 3.8) is 0 Å². The molecule has 1 aliphatic heterocycles. The number of anilines is 2. The van der Waals surface area contributed by atoms with E-state index in [9.17, 15) is 14.9 Å². The fraction of sp³-hybridized carbons (Fsp3) is 0.176. The van der Waals surface area contributed by atoms with Gasteiger partial charge in [0.1, 0.15) is 0 Å². The molecule has 0 aliphatic carbocycles. The summed E-state index contributed by atoms with van der Waals surface area (Å²) in [5.41, 5.74) is 2.62. The molecule has 0 unspecified atom stereocenters. The summed E-state index contributed by atoms with van der Waals surface area (Å²) in [5.74, 6) is -0.469. The smallest absolute Gasteiger partial charge is 0.339 e. The molecule has 0 atom stereocenters. The zero-order valence-corrected chi connectivity index (χ0v) is 14.2. The maximum absolute atomic E-state index is 11.9. The largest absolute Gasteiger partial charge is 0.465 e. The number of fused-ring (bicyclic) bond motifs is 1. The highest BCUT2D eigenvalue weighted by molar-refractivity contribution is 7.80. The molecule has 0 spiro atoms. The van der Waals surface area contributed by atoms with E-state index in [0.29, 0.717) is 28.6 Å². The van der Waals surface area contributed by atoms with Crippen molar-refractivity contribution in [3.05, 3.63) is 63.7 Å². The lowest BCUT2D eigenvalue weighted by Gasteiger charge is -2.22. The second-order valence-corrected chi connectivity index (χ2v) is 5.83. The quantitative estimate of drug-likeness (QED) is 0.391. The number of nitro groups is 1. The van der Waals surface area contributed by atoms with Gasteiger partial charge in [-0.05, 0) is 36.3 Å². The predicted molar refractivity (Wildman–Crippen MR) is 98.1 cm³/mol. The van der Waals surface area contributed by atoms with Crippen molar-refractivity contribution in [2.45, 2.75) is 6.42 Å². The Balaban J connectivity index is 1.87. The number of ether oxygens (including phenoxy) is 1. The number of carbonyl (C=O) groups excluding carboxylic acids is 1. The lowest BCUT2D eigenvalue weighted by molar-refractivity contribution is -0.384. The van der Waals surface area contributed by atoms with Crippen LogP contribution in [0.5, 0.6) is 0 Å². The maximum Gasteiger partial charge on any atom is 0.339 e. The minimum absolute atomic E-state index is 0.0170. The van der Waals surface area contributed by atoms with Crippen molar-refractivity contribution < 1.29 is 14.5 Å². The molecule has 1 N–H and O–H groups in total. The Bertz CT molecular complexity index is 869. The van der Waals surface area contributed by atoms with E-state index in [1.807, 2.05) is 0 Å². The highest BCUT2D eigenvalue weighted by Gasteiger charge is 2.25. The number of esters is 1. The standard InChI is InChI=1S/C17H15N3O4S/c1-24-16(21)13-4-2-3-5-14(13)18-17(25)19-9-8-11-6-7-12(20(22)23)10-15(11)19/h2-7,10H,8-9H2,1H3,(H,18,25). The molecule has 0 saturated carbocycles.